The molecule has 8 heteroatoms. The fourth-order valence-electron chi connectivity index (χ4n) is 3.04. The van der Waals surface area contributed by atoms with E-state index in [-0.39, 0.29) is 5.91 Å². The largest absolute Gasteiger partial charge is 0.495 e. The van der Waals surface area contributed by atoms with Crippen molar-refractivity contribution in [3.05, 3.63) is 29.3 Å². The van der Waals surface area contributed by atoms with Crippen molar-refractivity contribution in [2.45, 2.75) is 78.6 Å². The van der Waals surface area contributed by atoms with Crippen LogP contribution >= 0.6 is 0 Å². The number of ether oxygens (including phenoxy) is 1. The van der Waals surface area contributed by atoms with E-state index in [0.29, 0.717) is 25.1 Å². The minimum atomic E-state index is -0.606. The first-order chi connectivity index (χ1) is 13.7. The molecular formula is C22H35BN2O5. The molecular weight excluding hydrogens is 383 g/mol. The molecule has 2 amide bonds. The molecule has 2 N–H and O–H groups in total. The van der Waals surface area contributed by atoms with Gasteiger partial charge in [-0.15, -0.1) is 0 Å². The third-order valence-corrected chi connectivity index (χ3v) is 5.37. The average molecular weight is 418 g/mol. The summed E-state index contributed by atoms with van der Waals surface area (Å²) < 4.78 is 17.5. The molecule has 1 aromatic rings. The predicted molar refractivity (Wildman–Crippen MR) is 118 cm³/mol. The number of hydrogen-bond acceptors (Lipinski definition) is 5. The van der Waals surface area contributed by atoms with Gasteiger partial charge in [0.1, 0.15) is 5.60 Å². The number of aryl methyl sites for hydroxylation is 1. The van der Waals surface area contributed by atoms with Crippen molar-refractivity contribution in [1.82, 2.24) is 10.6 Å². The van der Waals surface area contributed by atoms with Crippen LogP contribution in [0.4, 0.5) is 4.79 Å². The maximum atomic E-state index is 12.8. The van der Waals surface area contributed by atoms with Gasteiger partial charge in [-0.1, -0.05) is 17.7 Å². The van der Waals surface area contributed by atoms with Crippen molar-refractivity contribution < 1.29 is 23.6 Å². The number of carbonyl (C=O) groups is 2. The number of amides is 2. The standard InChI is InChI=1S/C22H35BN2O5/c1-15-11-9-12-16(17(15)23-29-21(5,6)22(7,8)30-23)18(26)24-13-10-14-25-19(27)28-20(2,3)4/h9,11-12H,10,13-14H2,1-8H3,(H,24,26)(H,25,27). The van der Waals surface area contributed by atoms with Crippen molar-refractivity contribution in [2.75, 3.05) is 13.1 Å². The minimum Gasteiger partial charge on any atom is -0.444 e. The van der Waals surface area contributed by atoms with Crippen molar-refractivity contribution >= 4 is 24.6 Å². The van der Waals surface area contributed by atoms with Gasteiger partial charge in [0.05, 0.1) is 11.2 Å². The quantitative estimate of drug-likeness (QED) is 0.548. The van der Waals surface area contributed by atoms with Crippen LogP contribution in [0, 0.1) is 6.92 Å². The molecule has 0 radical (unpaired) electrons. The molecule has 1 aliphatic rings. The normalized spacial score (nSPS) is 17.5. The van der Waals surface area contributed by atoms with E-state index in [1.807, 2.05) is 67.5 Å². The van der Waals surface area contributed by atoms with Crippen LogP contribution in [-0.2, 0) is 14.0 Å². The van der Waals surface area contributed by atoms with Gasteiger partial charge in [0.15, 0.2) is 0 Å². The zero-order valence-electron chi connectivity index (χ0n) is 19.5. The van der Waals surface area contributed by atoms with Crippen molar-refractivity contribution in [2.24, 2.45) is 0 Å². The minimum absolute atomic E-state index is 0.194. The van der Waals surface area contributed by atoms with Gasteiger partial charge >= 0.3 is 13.2 Å². The van der Waals surface area contributed by atoms with E-state index in [2.05, 4.69) is 10.6 Å². The molecule has 1 fully saturated rings. The van der Waals surface area contributed by atoms with Crippen molar-refractivity contribution in [3.63, 3.8) is 0 Å². The molecule has 0 aliphatic carbocycles. The fraction of sp³-hybridized carbons (Fsp3) is 0.636. The van der Waals surface area contributed by atoms with Gasteiger partial charge in [0, 0.05) is 18.7 Å². The highest BCUT2D eigenvalue weighted by atomic mass is 16.7. The Labute approximate surface area is 180 Å². The van der Waals surface area contributed by atoms with Crippen LogP contribution in [-0.4, -0.2) is 49.0 Å². The van der Waals surface area contributed by atoms with Gasteiger partial charge in [-0.2, -0.15) is 0 Å². The maximum Gasteiger partial charge on any atom is 0.495 e. The third kappa shape index (κ3) is 5.98. The van der Waals surface area contributed by atoms with Gasteiger partial charge in [-0.3, -0.25) is 4.79 Å². The van der Waals surface area contributed by atoms with Gasteiger partial charge in [-0.05, 0) is 73.3 Å². The van der Waals surface area contributed by atoms with E-state index >= 15 is 0 Å². The van der Waals surface area contributed by atoms with E-state index < -0.39 is 30.0 Å². The summed E-state index contributed by atoms with van der Waals surface area (Å²) in [6.07, 6.45) is 0.123. The zero-order valence-corrected chi connectivity index (χ0v) is 19.5. The Morgan fingerprint density at radius 1 is 1.03 bits per heavy atom. The molecule has 0 bridgehead atoms. The molecule has 0 unspecified atom stereocenters. The average Bonchev–Trinajstić information content (AvgIpc) is 2.79. The molecule has 1 heterocycles. The van der Waals surface area contributed by atoms with Crippen LogP contribution in [0.15, 0.2) is 18.2 Å². The summed E-state index contributed by atoms with van der Waals surface area (Å²) in [5.41, 5.74) is 0.719. The lowest BCUT2D eigenvalue weighted by molar-refractivity contribution is 0.00578. The van der Waals surface area contributed by atoms with E-state index in [4.69, 9.17) is 14.0 Å². The lowest BCUT2D eigenvalue weighted by Crippen LogP contribution is -2.42. The second-order valence-electron chi connectivity index (χ2n) is 9.66. The molecule has 1 saturated heterocycles. The van der Waals surface area contributed by atoms with E-state index in [9.17, 15) is 9.59 Å². The number of benzene rings is 1. The van der Waals surface area contributed by atoms with Crippen molar-refractivity contribution in [1.29, 1.82) is 0 Å². The van der Waals surface area contributed by atoms with Gasteiger partial charge < -0.3 is 24.7 Å². The summed E-state index contributed by atoms with van der Waals surface area (Å²) in [6, 6.07) is 5.58. The molecule has 166 valence electrons. The molecule has 1 aliphatic heterocycles. The molecule has 1 aromatic carbocycles. The van der Waals surface area contributed by atoms with E-state index in [0.717, 1.165) is 11.0 Å². The van der Waals surface area contributed by atoms with Gasteiger partial charge in [-0.25, -0.2) is 4.79 Å². The lowest BCUT2D eigenvalue weighted by atomic mass is 9.73. The fourth-order valence-corrected chi connectivity index (χ4v) is 3.04. The Kier molecular flexibility index (Phi) is 7.25. The number of carbonyl (C=O) groups excluding carboxylic acids is 2. The van der Waals surface area contributed by atoms with Crippen molar-refractivity contribution in [3.8, 4) is 0 Å². The summed E-state index contributed by atoms with van der Waals surface area (Å²) in [5.74, 6) is -0.194. The lowest BCUT2D eigenvalue weighted by Gasteiger charge is -2.32. The number of nitrogens with one attached hydrogen (secondary N) is 2. The zero-order chi connectivity index (χ0) is 22.7. The molecule has 0 atom stereocenters. The molecule has 0 aromatic heterocycles. The van der Waals surface area contributed by atoms with Crippen LogP contribution in [0.2, 0.25) is 0 Å². The highest BCUT2D eigenvalue weighted by Crippen LogP contribution is 2.37. The first-order valence-electron chi connectivity index (χ1n) is 10.4. The Morgan fingerprint density at radius 2 is 1.60 bits per heavy atom. The first kappa shape index (κ1) is 24.2. The summed E-state index contributed by atoms with van der Waals surface area (Å²) in [5, 5.41) is 5.59. The topological polar surface area (TPSA) is 85.9 Å². The van der Waals surface area contributed by atoms with Gasteiger partial charge in [0.25, 0.3) is 5.91 Å². The predicted octanol–water partition coefficient (Wildman–Crippen LogP) is 2.94. The SMILES string of the molecule is Cc1cccc(C(=O)NCCCNC(=O)OC(C)(C)C)c1B1OC(C)(C)C(C)(C)O1. The molecule has 30 heavy (non-hydrogen) atoms. The Morgan fingerprint density at radius 3 is 2.17 bits per heavy atom. The summed E-state index contributed by atoms with van der Waals surface area (Å²) in [6.45, 7) is 16.2. The monoisotopic (exact) mass is 418 g/mol. The summed E-state index contributed by atoms with van der Waals surface area (Å²) in [4.78, 5) is 24.5. The van der Waals surface area contributed by atoms with E-state index in [1.54, 1.807) is 6.07 Å². The molecule has 0 saturated carbocycles. The highest BCUT2D eigenvalue weighted by molar-refractivity contribution is 6.64. The van der Waals surface area contributed by atoms with E-state index in [1.165, 1.54) is 0 Å². The number of rotatable bonds is 6. The second kappa shape index (κ2) is 8.98. The second-order valence-corrected chi connectivity index (χ2v) is 9.66. The highest BCUT2D eigenvalue weighted by Gasteiger charge is 2.52. The van der Waals surface area contributed by atoms with Crippen LogP contribution in [0.1, 0.15) is 70.8 Å². The molecule has 0 spiro atoms. The van der Waals surface area contributed by atoms with Crippen LogP contribution in [0.3, 0.4) is 0 Å². The summed E-state index contributed by atoms with van der Waals surface area (Å²) >= 11 is 0. The van der Waals surface area contributed by atoms with Crippen LogP contribution in [0.5, 0.6) is 0 Å². The van der Waals surface area contributed by atoms with Gasteiger partial charge in [0.2, 0.25) is 0 Å². The smallest absolute Gasteiger partial charge is 0.444 e. The Balaban J connectivity index is 1.96. The third-order valence-electron chi connectivity index (χ3n) is 5.37. The molecule has 7 nitrogen and oxygen atoms in total. The number of hydrogen-bond donors (Lipinski definition) is 2. The van der Waals surface area contributed by atoms with Crippen LogP contribution < -0.4 is 16.1 Å². The maximum absolute atomic E-state index is 12.8. The Bertz CT molecular complexity index is 770. The number of alkyl carbamates (subject to hydrolysis) is 1. The Hall–Kier alpha value is -2.06. The van der Waals surface area contributed by atoms with Crippen LogP contribution in [0.25, 0.3) is 0 Å². The molecule has 2 rings (SSSR count). The summed E-state index contributed by atoms with van der Waals surface area (Å²) in [7, 11) is -0.606. The first-order valence-corrected chi connectivity index (χ1v) is 10.4.